The molecule has 0 aliphatic rings. The van der Waals surface area contributed by atoms with Gasteiger partial charge in [0.05, 0.1) is 11.4 Å². The van der Waals surface area contributed by atoms with Crippen molar-refractivity contribution in [3.05, 3.63) is 95.0 Å². The monoisotopic (exact) mass is 445 g/mol. The normalized spacial score (nSPS) is 11.2. The summed E-state index contributed by atoms with van der Waals surface area (Å²) in [6, 6.07) is 21.9. The highest BCUT2D eigenvalue weighted by Gasteiger charge is 2.19. The van der Waals surface area contributed by atoms with Crippen molar-refractivity contribution in [3.63, 3.8) is 0 Å². The van der Waals surface area contributed by atoms with Gasteiger partial charge in [0, 0.05) is 11.1 Å². The molecule has 0 unspecified atom stereocenters. The predicted octanol–water partition coefficient (Wildman–Crippen LogP) is 5.00. The topological polar surface area (TPSA) is 77.1 Å². The summed E-state index contributed by atoms with van der Waals surface area (Å²) < 4.78 is 20.3. The van der Waals surface area contributed by atoms with Crippen molar-refractivity contribution in [2.75, 3.05) is 11.1 Å². The van der Waals surface area contributed by atoms with Gasteiger partial charge in [0.25, 0.3) is 0 Å². The van der Waals surface area contributed by atoms with E-state index in [1.165, 1.54) is 28.8 Å². The van der Waals surface area contributed by atoms with Crippen molar-refractivity contribution in [1.82, 2.24) is 9.55 Å². The molecule has 8 heteroatoms. The van der Waals surface area contributed by atoms with Gasteiger partial charge >= 0.3 is 5.56 Å². The maximum atomic E-state index is 13.4. The first-order chi connectivity index (χ1) is 15.6. The van der Waals surface area contributed by atoms with Crippen molar-refractivity contribution in [3.8, 4) is 5.69 Å². The molecule has 5 rings (SSSR count). The third-order valence-corrected chi connectivity index (χ3v) is 5.78. The van der Waals surface area contributed by atoms with Crippen LogP contribution in [0, 0.1) is 5.82 Å². The van der Waals surface area contributed by atoms with E-state index in [0.717, 1.165) is 17.1 Å². The van der Waals surface area contributed by atoms with E-state index in [2.05, 4.69) is 5.32 Å². The second-order valence-electron chi connectivity index (χ2n) is 6.99. The van der Waals surface area contributed by atoms with Gasteiger partial charge < -0.3 is 9.73 Å². The largest absolute Gasteiger partial charge is 0.448 e. The predicted molar refractivity (Wildman–Crippen MR) is 123 cm³/mol. The lowest BCUT2D eigenvalue weighted by molar-refractivity contribution is -0.113. The first-order valence-corrected chi connectivity index (χ1v) is 10.8. The van der Waals surface area contributed by atoms with Crippen LogP contribution in [0.25, 0.3) is 27.8 Å². The number of carbonyl (C=O) groups excluding carboxylic acids is 1. The molecule has 5 aromatic rings. The molecule has 0 bridgehead atoms. The zero-order chi connectivity index (χ0) is 22.1. The van der Waals surface area contributed by atoms with Gasteiger partial charge in [-0.3, -0.25) is 14.2 Å². The highest BCUT2D eigenvalue weighted by molar-refractivity contribution is 7.99. The lowest BCUT2D eigenvalue weighted by atomic mass is 10.2. The summed E-state index contributed by atoms with van der Waals surface area (Å²) in [6.45, 7) is 0. The number of hydrogen-bond acceptors (Lipinski definition) is 5. The Morgan fingerprint density at radius 3 is 2.50 bits per heavy atom. The van der Waals surface area contributed by atoms with E-state index in [0.29, 0.717) is 27.6 Å². The smallest absolute Gasteiger partial charge is 0.302 e. The zero-order valence-corrected chi connectivity index (χ0v) is 17.4. The number of fused-ring (bicyclic) bond motifs is 3. The number of carbonyl (C=O) groups is 1. The van der Waals surface area contributed by atoms with Crippen molar-refractivity contribution in [2.24, 2.45) is 0 Å². The number of amides is 1. The van der Waals surface area contributed by atoms with Crippen LogP contribution in [0.4, 0.5) is 10.1 Å². The number of anilines is 1. The minimum atomic E-state index is -0.380. The average molecular weight is 445 g/mol. The van der Waals surface area contributed by atoms with Crippen LogP contribution in [0.1, 0.15) is 0 Å². The van der Waals surface area contributed by atoms with Gasteiger partial charge in [-0.05, 0) is 48.5 Å². The molecule has 158 valence electrons. The molecule has 2 heterocycles. The van der Waals surface area contributed by atoms with Crippen LogP contribution < -0.4 is 10.9 Å². The minimum Gasteiger partial charge on any atom is -0.448 e. The van der Waals surface area contributed by atoms with E-state index in [9.17, 15) is 14.0 Å². The SMILES string of the molecule is O=C(CSc1nc2c(oc3ccccc32)c(=O)n1-c1ccccc1)Nc1ccc(F)cc1. The molecule has 6 nitrogen and oxygen atoms in total. The molecule has 0 atom stereocenters. The second kappa shape index (κ2) is 8.32. The average Bonchev–Trinajstić information content (AvgIpc) is 3.19. The van der Waals surface area contributed by atoms with Gasteiger partial charge in [-0.2, -0.15) is 0 Å². The summed E-state index contributed by atoms with van der Waals surface area (Å²) in [4.78, 5) is 30.5. The van der Waals surface area contributed by atoms with E-state index < -0.39 is 0 Å². The van der Waals surface area contributed by atoms with Gasteiger partial charge in [-0.15, -0.1) is 0 Å². The number of rotatable bonds is 5. The van der Waals surface area contributed by atoms with Crippen LogP contribution in [-0.4, -0.2) is 21.2 Å². The van der Waals surface area contributed by atoms with Crippen LogP contribution >= 0.6 is 11.8 Å². The van der Waals surface area contributed by atoms with Crippen LogP contribution in [0.3, 0.4) is 0 Å². The third-order valence-electron chi connectivity index (χ3n) is 4.84. The third kappa shape index (κ3) is 3.76. The Morgan fingerprint density at radius 1 is 1.00 bits per heavy atom. The molecule has 0 aliphatic heterocycles. The van der Waals surface area contributed by atoms with Gasteiger partial charge in [0.2, 0.25) is 11.5 Å². The second-order valence-corrected chi connectivity index (χ2v) is 7.93. The quantitative estimate of drug-likeness (QED) is 0.304. The van der Waals surface area contributed by atoms with Gasteiger partial charge in [0.15, 0.2) is 5.16 Å². The standard InChI is InChI=1S/C24H16FN3O3S/c25-15-10-12-16(13-11-15)26-20(29)14-32-24-27-21-18-8-4-5-9-19(18)31-22(21)23(30)28(24)17-6-2-1-3-7-17/h1-13H,14H2,(H,26,29). The lowest BCUT2D eigenvalue weighted by Crippen LogP contribution is -2.22. The maximum Gasteiger partial charge on any atom is 0.302 e. The van der Waals surface area contributed by atoms with Gasteiger partial charge in [0.1, 0.15) is 16.9 Å². The first-order valence-electron chi connectivity index (χ1n) is 9.78. The number of para-hydroxylation sites is 2. The van der Waals surface area contributed by atoms with Crippen molar-refractivity contribution in [1.29, 1.82) is 0 Å². The Bertz CT molecular complexity index is 1490. The summed E-state index contributed by atoms with van der Waals surface area (Å²) in [5.74, 6) is -0.667. The number of furan rings is 1. The van der Waals surface area contributed by atoms with E-state index in [1.54, 1.807) is 18.2 Å². The van der Waals surface area contributed by atoms with Crippen LogP contribution in [0.15, 0.2) is 93.2 Å². The number of aromatic nitrogens is 2. The van der Waals surface area contributed by atoms with E-state index in [-0.39, 0.29) is 28.6 Å². The summed E-state index contributed by atoms with van der Waals surface area (Å²) in [5.41, 5.74) is 1.95. The Hall–Kier alpha value is -3.91. The van der Waals surface area contributed by atoms with Crippen LogP contribution in [0.2, 0.25) is 0 Å². The number of benzene rings is 3. The molecule has 0 fully saturated rings. The number of nitrogens with zero attached hydrogens (tertiary/aromatic N) is 2. The number of nitrogens with one attached hydrogen (secondary N) is 1. The number of hydrogen-bond donors (Lipinski definition) is 1. The Kier molecular flexibility index (Phi) is 5.20. The molecule has 1 N–H and O–H groups in total. The summed E-state index contributed by atoms with van der Waals surface area (Å²) in [5, 5.41) is 3.82. The van der Waals surface area contributed by atoms with Crippen molar-refractivity contribution >= 4 is 45.4 Å². The highest BCUT2D eigenvalue weighted by Crippen LogP contribution is 2.28. The molecule has 0 aliphatic carbocycles. The maximum absolute atomic E-state index is 13.4. The van der Waals surface area contributed by atoms with Crippen LogP contribution in [0.5, 0.6) is 0 Å². The molecule has 0 spiro atoms. The molecule has 3 aromatic carbocycles. The molecular weight excluding hydrogens is 429 g/mol. The van der Waals surface area contributed by atoms with E-state index >= 15 is 0 Å². The fourth-order valence-electron chi connectivity index (χ4n) is 3.38. The molecule has 2 aromatic heterocycles. The summed E-state index contributed by atoms with van der Waals surface area (Å²) >= 11 is 1.14. The zero-order valence-electron chi connectivity index (χ0n) is 16.6. The fourth-order valence-corrected chi connectivity index (χ4v) is 4.19. The first kappa shape index (κ1) is 20.0. The summed E-state index contributed by atoms with van der Waals surface area (Å²) in [7, 11) is 0. The molecule has 0 saturated carbocycles. The Balaban J connectivity index is 1.54. The fraction of sp³-hybridized carbons (Fsp3) is 0.0417. The highest BCUT2D eigenvalue weighted by atomic mass is 32.2. The lowest BCUT2D eigenvalue weighted by Gasteiger charge is -2.11. The van der Waals surface area contributed by atoms with E-state index in [1.807, 2.05) is 36.4 Å². The molecule has 0 saturated heterocycles. The molecular formula is C24H16FN3O3S. The van der Waals surface area contributed by atoms with Gasteiger partial charge in [-0.1, -0.05) is 42.1 Å². The van der Waals surface area contributed by atoms with Gasteiger partial charge in [-0.25, -0.2) is 9.37 Å². The Morgan fingerprint density at radius 2 is 1.72 bits per heavy atom. The minimum absolute atomic E-state index is 0.0118. The number of halogens is 1. The van der Waals surface area contributed by atoms with Crippen molar-refractivity contribution in [2.45, 2.75) is 5.16 Å². The Labute approximate surface area is 185 Å². The number of thioether (sulfide) groups is 1. The summed E-state index contributed by atoms with van der Waals surface area (Å²) in [6.07, 6.45) is 0. The van der Waals surface area contributed by atoms with Crippen LogP contribution in [-0.2, 0) is 4.79 Å². The molecule has 0 radical (unpaired) electrons. The van der Waals surface area contributed by atoms with E-state index in [4.69, 9.17) is 9.40 Å². The molecule has 1 amide bonds. The molecule has 32 heavy (non-hydrogen) atoms. The van der Waals surface area contributed by atoms with Crippen molar-refractivity contribution < 1.29 is 13.6 Å².